The maximum Gasteiger partial charge on any atom is 0.283 e. The second-order valence-electron chi connectivity index (χ2n) is 9.29. The molecule has 162 valence electrons. The number of aromatic nitrogens is 3. The van der Waals surface area contributed by atoms with Crippen molar-refractivity contribution in [3.63, 3.8) is 0 Å². The summed E-state index contributed by atoms with van der Waals surface area (Å²) >= 11 is 3.41. The van der Waals surface area contributed by atoms with Crippen molar-refractivity contribution in [2.45, 2.75) is 71.9 Å². The fourth-order valence-electron chi connectivity index (χ4n) is 4.08. The number of pyridine rings is 1. The number of nitrogens with one attached hydrogen (secondary N) is 1. The summed E-state index contributed by atoms with van der Waals surface area (Å²) in [4.78, 5) is 29.0. The predicted octanol–water partition coefficient (Wildman–Crippen LogP) is 4.62. The van der Waals surface area contributed by atoms with Crippen LogP contribution in [0.15, 0.2) is 40.0 Å². The highest BCUT2D eigenvalue weighted by Crippen LogP contribution is 2.38. The van der Waals surface area contributed by atoms with Gasteiger partial charge in [0.2, 0.25) is 0 Å². The molecular weight excluding hydrogens is 444 g/mol. The molecule has 0 atom stereocenters. The molecule has 0 aliphatic heterocycles. The van der Waals surface area contributed by atoms with Crippen molar-refractivity contribution in [1.29, 1.82) is 0 Å². The molecule has 7 heteroatoms. The number of anilines is 1. The zero-order valence-electron chi connectivity index (χ0n) is 18.0. The Morgan fingerprint density at radius 3 is 2.50 bits per heavy atom. The standard InChI is InChI=1S/C23H31BrN4O2/c1-23(2,3)17-5-7-18(8-6-17)27-20-14-26-28(22(30)21(20)24)15-19(29)9-4-16-10-12-25-13-11-16/h10-14,17-18,27H,4-9,15H2,1-3H3. The average molecular weight is 475 g/mol. The molecule has 2 aromatic heterocycles. The molecule has 0 unspecified atom stereocenters. The first-order valence-corrected chi connectivity index (χ1v) is 11.5. The lowest BCUT2D eigenvalue weighted by molar-refractivity contribution is -0.119. The number of ketones is 1. The minimum absolute atomic E-state index is 0.0144. The molecule has 30 heavy (non-hydrogen) atoms. The molecule has 1 fully saturated rings. The molecule has 2 aromatic rings. The van der Waals surface area contributed by atoms with E-state index in [0.29, 0.717) is 34.5 Å². The lowest BCUT2D eigenvalue weighted by Crippen LogP contribution is -2.33. The monoisotopic (exact) mass is 474 g/mol. The Morgan fingerprint density at radius 1 is 1.20 bits per heavy atom. The first kappa shape index (κ1) is 22.7. The predicted molar refractivity (Wildman–Crippen MR) is 123 cm³/mol. The third kappa shape index (κ3) is 6.00. The highest BCUT2D eigenvalue weighted by Gasteiger charge is 2.30. The van der Waals surface area contributed by atoms with Gasteiger partial charge in [0.25, 0.3) is 5.56 Å². The summed E-state index contributed by atoms with van der Waals surface area (Å²) in [6.45, 7) is 6.91. The van der Waals surface area contributed by atoms with Gasteiger partial charge >= 0.3 is 0 Å². The second kappa shape index (κ2) is 9.86. The van der Waals surface area contributed by atoms with Crippen LogP contribution >= 0.6 is 15.9 Å². The van der Waals surface area contributed by atoms with Crippen LogP contribution in [0.2, 0.25) is 0 Å². The lowest BCUT2D eigenvalue weighted by Gasteiger charge is -2.37. The first-order chi connectivity index (χ1) is 14.2. The molecule has 0 saturated heterocycles. The number of carbonyl (C=O) groups is 1. The molecule has 0 bridgehead atoms. The number of hydrogen-bond acceptors (Lipinski definition) is 5. The van der Waals surface area contributed by atoms with Gasteiger partial charge in [0, 0.05) is 24.9 Å². The Balaban J connectivity index is 1.56. The van der Waals surface area contributed by atoms with Gasteiger partial charge in [-0.1, -0.05) is 20.8 Å². The second-order valence-corrected chi connectivity index (χ2v) is 10.1. The molecular formula is C23H31BrN4O2. The van der Waals surface area contributed by atoms with Gasteiger partial charge in [-0.25, -0.2) is 4.68 Å². The normalized spacial score (nSPS) is 19.5. The molecule has 1 saturated carbocycles. The minimum Gasteiger partial charge on any atom is -0.380 e. The smallest absolute Gasteiger partial charge is 0.283 e. The zero-order chi connectivity index (χ0) is 21.7. The highest BCUT2D eigenvalue weighted by atomic mass is 79.9. The SMILES string of the molecule is CC(C)(C)C1CCC(Nc2cnn(CC(=O)CCc3ccncc3)c(=O)c2Br)CC1. The van der Waals surface area contributed by atoms with Crippen LogP contribution in [-0.2, 0) is 17.8 Å². The largest absolute Gasteiger partial charge is 0.380 e. The van der Waals surface area contributed by atoms with Crippen LogP contribution in [0.3, 0.4) is 0 Å². The van der Waals surface area contributed by atoms with E-state index >= 15 is 0 Å². The van der Waals surface area contributed by atoms with E-state index in [1.165, 1.54) is 17.5 Å². The van der Waals surface area contributed by atoms with Crippen molar-refractivity contribution < 1.29 is 4.79 Å². The van der Waals surface area contributed by atoms with Gasteiger partial charge in [-0.05, 0) is 77.1 Å². The van der Waals surface area contributed by atoms with E-state index in [2.05, 4.69) is 52.1 Å². The van der Waals surface area contributed by atoms with E-state index in [1.807, 2.05) is 12.1 Å². The maximum atomic E-state index is 12.7. The summed E-state index contributed by atoms with van der Waals surface area (Å²) in [5.41, 5.74) is 1.83. The molecule has 1 aliphatic carbocycles. The molecule has 0 amide bonds. The lowest BCUT2D eigenvalue weighted by atomic mass is 9.71. The van der Waals surface area contributed by atoms with E-state index in [1.54, 1.807) is 18.6 Å². The van der Waals surface area contributed by atoms with Crippen molar-refractivity contribution in [1.82, 2.24) is 14.8 Å². The fraction of sp³-hybridized carbons (Fsp3) is 0.565. The summed E-state index contributed by atoms with van der Waals surface area (Å²) in [5.74, 6) is 0.720. The van der Waals surface area contributed by atoms with Gasteiger partial charge < -0.3 is 5.32 Å². The molecule has 0 aromatic carbocycles. The fourth-order valence-corrected chi connectivity index (χ4v) is 4.50. The van der Waals surface area contributed by atoms with Crippen LogP contribution in [-0.4, -0.2) is 26.6 Å². The van der Waals surface area contributed by atoms with E-state index in [4.69, 9.17) is 0 Å². The van der Waals surface area contributed by atoms with E-state index < -0.39 is 0 Å². The third-order valence-electron chi connectivity index (χ3n) is 6.06. The Labute approximate surface area is 186 Å². The number of Topliss-reactive ketones (excluding diaryl/α,β-unsaturated/α-hetero) is 1. The number of nitrogens with zero attached hydrogens (tertiary/aromatic N) is 3. The molecule has 0 radical (unpaired) electrons. The van der Waals surface area contributed by atoms with Crippen LogP contribution in [0.25, 0.3) is 0 Å². The Morgan fingerprint density at radius 2 is 1.87 bits per heavy atom. The summed E-state index contributed by atoms with van der Waals surface area (Å²) in [6.07, 6.45) is 10.6. The van der Waals surface area contributed by atoms with Crippen molar-refractivity contribution in [2.24, 2.45) is 11.3 Å². The number of hydrogen-bond donors (Lipinski definition) is 1. The minimum atomic E-state index is -0.277. The maximum absolute atomic E-state index is 12.7. The van der Waals surface area contributed by atoms with Crippen molar-refractivity contribution in [3.05, 3.63) is 51.1 Å². The van der Waals surface area contributed by atoms with Crippen molar-refractivity contribution in [2.75, 3.05) is 5.32 Å². The number of carbonyl (C=O) groups excluding carboxylic acids is 1. The first-order valence-electron chi connectivity index (χ1n) is 10.7. The summed E-state index contributed by atoms with van der Waals surface area (Å²) in [5, 5.41) is 7.71. The van der Waals surface area contributed by atoms with Crippen LogP contribution < -0.4 is 10.9 Å². The molecule has 0 spiro atoms. The number of aryl methyl sites for hydroxylation is 1. The van der Waals surface area contributed by atoms with E-state index in [0.717, 1.165) is 24.3 Å². The van der Waals surface area contributed by atoms with E-state index in [9.17, 15) is 9.59 Å². The number of rotatable bonds is 7. The van der Waals surface area contributed by atoms with Crippen LogP contribution in [0.1, 0.15) is 58.4 Å². The topological polar surface area (TPSA) is 76.9 Å². The Hall–Kier alpha value is -2.02. The summed E-state index contributed by atoms with van der Waals surface area (Å²) in [7, 11) is 0. The Bertz CT molecular complexity index is 913. The number of halogens is 1. The quantitative estimate of drug-likeness (QED) is 0.633. The van der Waals surface area contributed by atoms with Gasteiger partial charge in [0.1, 0.15) is 11.0 Å². The Kier molecular flexibility index (Phi) is 7.45. The average Bonchev–Trinajstić information content (AvgIpc) is 2.72. The van der Waals surface area contributed by atoms with Gasteiger partial charge in [-0.15, -0.1) is 0 Å². The van der Waals surface area contributed by atoms with Crippen LogP contribution in [0.5, 0.6) is 0 Å². The van der Waals surface area contributed by atoms with Crippen molar-refractivity contribution in [3.8, 4) is 0 Å². The van der Waals surface area contributed by atoms with Crippen LogP contribution in [0.4, 0.5) is 5.69 Å². The van der Waals surface area contributed by atoms with E-state index in [-0.39, 0.29) is 17.9 Å². The third-order valence-corrected chi connectivity index (χ3v) is 6.83. The zero-order valence-corrected chi connectivity index (χ0v) is 19.6. The summed E-state index contributed by atoms with van der Waals surface area (Å²) in [6, 6.07) is 4.13. The van der Waals surface area contributed by atoms with Gasteiger partial charge in [-0.3, -0.25) is 14.6 Å². The molecule has 2 heterocycles. The molecule has 1 aliphatic rings. The van der Waals surface area contributed by atoms with Crippen LogP contribution in [0, 0.1) is 11.3 Å². The summed E-state index contributed by atoms with van der Waals surface area (Å²) < 4.78 is 1.68. The van der Waals surface area contributed by atoms with Crippen molar-refractivity contribution >= 4 is 27.4 Å². The molecule has 6 nitrogen and oxygen atoms in total. The molecule has 3 rings (SSSR count). The van der Waals surface area contributed by atoms with Gasteiger partial charge in [-0.2, -0.15) is 5.10 Å². The van der Waals surface area contributed by atoms with Gasteiger partial charge in [0.05, 0.1) is 11.9 Å². The van der Waals surface area contributed by atoms with Gasteiger partial charge in [0.15, 0.2) is 5.78 Å². The highest BCUT2D eigenvalue weighted by molar-refractivity contribution is 9.10. The molecule has 1 N–H and O–H groups in total.